The third kappa shape index (κ3) is 6.79. The maximum absolute atomic E-state index is 12.8. The SMILES string of the molecule is CCOc1cc(/C=C/C(=O)c2cc(OC)ccc2OC)ccc1OCC(=O)Nc1ccccc1OC. The van der Waals surface area contributed by atoms with Gasteiger partial charge in [-0.1, -0.05) is 24.3 Å². The van der Waals surface area contributed by atoms with Gasteiger partial charge in [0, 0.05) is 0 Å². The highest BCUT2D eigenvalue weighted by Crippen LogP contribution is 2.30. The number of amides is 1. The smallest absolute Gasteiger partial charge is 0.262 e. The normalized spacial score (nSPS) is 10.6. The minimum atomic E-state index is -0.344. The van der Waals surface area contributed by atoms with Crippen molar-refractivity contribution < 1.29 is 33.3 Å². The summed E-state index contributed by atoms with van der Waals surface area (Å²) in [5, 5.41) is 2.76. The van der Waals surface area contributed by atoms with Crippen LogP contribution in [0.15, 0.2) is 66.7 Å². The molecule has 0 fully saturated rings. The standard InChI is InChI=1S/C28H29NO7/c1-5-35-27-16-19(10-13-23(30)21-17-20(32-2)12-15-24(21)33-3)11-14-26(27)36-18-28(31)29-22-8-6-7-9-25(22)34-4/h6-17H,5,18H2,1-4H3,(H,29,31)/b13-10+. The van der Waals surface area contributed by atoms with Crippen LogP contribution in [0.1, 0.15) is 22.8 Å². The van der Waals surface area contributed by atoms with E-state index in [2.05, 4.69) is 5.32 Å². The fourth-order valence-electron chi connectivity index (χ4n) is 3.36. The Labute approximate surface area is 210 Å². The van der Waals surface area contributed by atoms with Crippen LogP contribution in [0.5, 0.6) is 28.7 Å². The van der Waals surface area contributed by atoms with Gasteiger partial charge in [-0.25, -0.2) is 0 Å². The van der Waals surface area contributed by atoms with Gasteiger partial charge in [-0.05, 0) is 61.0 Å². The van der Waals surface area contributed by atoms with Crippen molar-refractivity contribution in [3.05, 3.63) is 77.9 Å². The van der Waals surface area contributed by atoms with Crippen LogP contribution in [0.4, 0.5) is 5.69 Å². The van der Waals surface area contributed by atoms with Gasteiger partial charge in [-0.15, -0.1) is 0 Å². The van der Waals surface area contributed by atoms with Gasteiger partial charge in [-0.3, -0.25) is 9.59 Å². The minimum absolute atomic E-state index is 0.221. The van der Waals surface area contributed by atoms with Gasteiger partial charge in [0.25, 0.3) is 5.91 Å². The highest BCUT2D eigenvalue weighted by molar-refractivity contribution is 6.09. The third-order valence-corrected chi connectivity index (χ3v) is 5.11. The first-order valence-corrected chi connectivity index (χ1v) is 11.3. The highest BCUT2D eigenvalue weighted by atomic mass is 16.5. The summed E-state index contributed by atoms with van der Waals surface area (Å²) in [5.41, 5.74) is 1.66. The molecule has 0 aliphatic carbocycles. The lowest BCUT2D eigenvalue weighted by Gasteiger charge is -2.13. The highest BCUT2D eigenvalue weighted by Gasteiger charge is 2.13. The van der Waals surface area contributed by atoms with Gasteiger partial charge in [0.1, 0.15) is 17.2 Å². The fourth-order valence-corrected chi connectivity index (χ4v) is 3.36. The lowest BCUT2D eigenvalue weighted by molar-refractivity contribution is -0.118. The molecule has 0 saturated heterocycles. The van der Waals surface area contributed by atoms with Crippen molar-refractivity contribution in [1.82, 2.24) is 0 Å². The van der Waals surface area contributed by atoms with Gasteiger partial charge in [-0.2, -0.15) is 0 Å². The summed E-state index contributed by atoms with van der Waals surface area (Å²) >= 11 is 0. The Hall–Kier alpha value is -4.46. The second-order valence-electron chi connectivity index (χ2n) is 7.44. The number of carbonyl (C=O) groups is 2. The molecule has 0 heterocycles. The van der Waals surface area contributed by atoms with Gasteiger partial charge in [0.05, 0.1) is 39.2 Å². The van der Waals surface area contributed by atoms with Crippen LogP contribution < -0.4 is 29.0 Å². The van der Waals surface area contributed by atoms with Crippen LogP contribution in [-0.2, 0) is 4.79 Å². The molecule has 1 N–H and O–H groups in total. The minimum Gasteiger partial charge on any atom is -0.497 e. The number of hydrogen-bond acceptors (Lipinski definition) is 7. The zero-order valence-electron chi connectivity index (χ0n) is 20.7. The Morgan fingerprint density at radius 3 is 2.28 bits per heavy atom. The predicted octanol–water partition coefficient (Wildman–Crippen LogP) is 5.02. The first-order valence-electron chi connectivity index (χ1n) is 11.3. The Balaban J connectivity index is 1.70. The van der Waals surface area contributed by atoms with Crippen molar-refractivity contribution in [2.45, 2.75) is 6.92 Å². The Morgan fingerprint density at radius 2 is 1.56 bits per heavy atom. The number of ketones is 1. The van der Waals surface area contributed by atoms with Crippen LogP contribution in [0.25, 0.3) is 6.08 Å². The van der Waals surface area contributed by atoms with Crippen LogP contribution >= 0.6 is 0 Å². The van der Waals surface area contributed by atoms with Crippen molar-refractivity contribution >= 4 is 23.5 Å². The van der Waals surface area contributed by atoms with E-state index in [0.717, 1.165) is 5.56 Å². The molecule has 3 aromatic carbocycles. The largest absolute Gasteiger partial charge is 0.497 e. The summed E-state index contributed by atoms with van der Waals surface area (Å²) in [6.45, 7) is 2.03. The molecule has 36 heavy (non-hydrogen) atoms. The molecule has 0 aromatic heterocycles. The number of methoxy groups -OCH3 is 3. The van der Waals surface area contributed by atoms with Crippen molar-refractivity contribution in [2.75, 3.05) is 39.9 Å². The number of nitrogens with one attached hydrogen (secondary N) is 1. The molecule has 0 aliphatic rings. The molecule has 0 bridgehead atoms. The fraction of sp³-hybridized carbons (Fsp3) is 0.214. The second-order valence-corrected chi connectivity index (χ2v) is 7.44. The molecular formula is C28H29NO7. The van der Waals surface area contributed by atoms with Gasteiger partial charge >= 0.3 is 0 Å². The number of rotatable bonds is 12. The summed E-state index contributed by atoms with van der Waals surface area (Å²) in [5.74, 6) is 1.85. The van der Waals surface area contributed by atoms with E-state index in [1.54, 1.807) is 60.7 Å². The number of hydrogen-bond donors (Lipinski definition) is 1. The maximum Gasteiger partial charge on any atom is 0.262 e. The zero-order valence-corrected chi connectivity index (χ0v) is 20.7. The van der Waals surface area contributed by atoms with Crippen molar-refractivity contribution in [1.29, 1.82) is 0 Å². The topological polar surface area (TPSA) is 92.3 Å². The van der Waals surface area contributed by atoms with Gasteiger partial charge < -0.3 is 29.0 Å². The molecule has 3 rings (SSSR count). The van der Waals surface area contributed by atoms with Crippen molar-refractivity contribution in [2.24, 2.45) is 0 Å². The molecule has 0 saturated carbocycles. The maximum atomic E-state index is 12.8. The summed E-state index contributed by atoms with van der Waals surface area (Å²) < 4.78 is 27.1. The average Bonchev–Trinajstić information content (AvgIpc) is 2.91. The molecule has 188 valence electrons. The summed E-state index contributed by atoms with van der Waals surface area (Å²) in [6, 6.07) is 17.3. The zero-order chi connectivity index (χ0) is 25.9. The monoisotopic (exact) mass is 491 g/mol. The molecule has 0 spiro atoms. The van der Waals surface area contributed by atoms with E-state index in [-0.39, 0.29) is 18.3 Å². The van der Waals surface area contributed by atoms with E-state index in [4.69, 9.17) is 23.7 Å². The predicted molar refractivity (Wildman–Crippen MR) is 138 cm³/mol. The van der Waals surface area contributed by atoms with Crippen molar-refractivity contribution in [3.63, 3.8) is 0 Å². The molecule has 1 amide bonds. The molecule has 8 nitrogen and oxygen atoms in total. The summed E-state index contributed by atoms with van der Waals surface area (Å²) in [6.07, 6.45) is 3.12. The number of benzene rings is 3. The average molecular weight is 492 g/mol. The van der Waals surface area contributed by atoms with Gasteiger partial charge in [0.2, 0.25) is 0 Å². The van der Waals surface area contributed by atoms with Crippen LogP contribution in [-0.4, -0.2) is 46.2 Å². The number of allylic oxidation sites excluding steroid dienone is 1. The van der Waals surface area contributed by atoms with Gasteiger partial charge in [0.15, 0.2) is 23.9 Å². The number of anilines is 1. The van der Waals surface area contributed by atoms with E-state index in [0.29, 0.717) is 46.6 Å². The quantitative estimate of drug-likeness (QED) is 0.281. The number of para-hydroxylation sites is 2. The lowest BCUT2D eigenvalue weighted by Crippen LogP contribution is -2.20. The summed E-state index contributed by atoms with van der Waals surface area (Å²) in [7, 11) is 4.57. The van der Waals surface area contributed by atoms with E-state index in [1.165, 1.54) is 27.4 Å². The molecule has 3 aromatic rings. The van der Waals surface area contributed by atoms with E-state index in [1.807, 2.05) is 13.0 Å². The number of ether oxygens (including phenoxy) is 5. The van der Waals surface area contributed by atoms with E-state index >= 15 is 0 Å². The lowest BCUT2D eigenvalue weighted by atomic mass is 10.1. The van der Waals surface area contributed by atoms with E-state index in [9.17, 15) is 9.59 Å². The van der Waals surface area contributed by atoms with Crippen LogP contribution in [0.3, 0.4) is 0 Å². The second kappa shape index (κ2) is 12.9. The third-order valence-electron chi connectivity index (χ3n) is 5.11. The van der Waals surface area contributed by atoms with Crippen LogP contribution in [0, 0.1) is 0 Å². The molecule has 0 atom stereocenters. The molecule has 0 aliphatic heterocycles. The molecule has 8 heteroatoms. The molecular weight excluding hydrogens is 462 g/mol. The summed E-state index contributed by atoms with van der Waals surface area (Å²) in [4.78, 5) is 25.2. The molecule has 0 radical (unpaired) electrons. The Bertz CT molecular complexity index is 1240. The number of carbonyl (C=O) groups excluding carboxylic acids is 2. The first kappa shape index (κ1) is 26.2. The Morgan fingerprint density at radius 1 is 0.806 bits per heavy atom. The van der Waals surface area contributed by atoms with Crippen molar-refractivity contribution in [3.8, 4) is 28.7 Å². The first-order chi connectivity index (χ1) is 17.5. The van der Waals surface area contributed by atoms with E-state index < -0.39 is 0 Å². The Kier molecular flexibility index (Phi) is 9.33. The molecule has 0 unspecified atom stereocenters. The van der Waals surface area contributed by atoms with Crippen LogP contribution in [0.2, 0.25) is 0 Å².